The van der Waals surface area contributed by atoms with Gasteiger partial charge in [-0.3, -0.25) is 0 Å². The van der Waals surface area contributed by atoms with Crippen molar-refractivity contribution < 1.29 is 0 Å². The molecule has 102 valence electrons. The van der Waals surface area contributed by atoms with Crippen LogP contribution < -0.4 is 0 Å². The Morgan fingerprint density at radius 3 is 2.75 bits per heavy atom. The maximum atomic E-state index is 5.93. The van der Waals surface area contributed by atoms with Crippen LogP contribution >= 0.6 is 11.6 Å². The van der Waals surface area contributed by atoms with Crippen molar-refractivity contribution in [2.24, 2.45) is 4.99 Å². The van der Waals surface area contributed by atoms with Gasteiger partial charge in [0.15, 0.2) is 5.82 Å². The molecule has 0 bridgehead atoms. The quantitative estimate of drug-likeness (QED) is 0.552. The van der Waals surface area contributed by atoms with Gasteiger partial charge < -0.3 is 0 Å². The molecule has 0 aliphatic rings. The molecule has 0 saturated carbocycles. The van der Waals surface area contributed by atoms with E-state index < -0.39 is 0 Å². The third-order valence-corrected chi connectivity index (χ3v) is 3.27. The molecule has 2 rings (SSSR count). The first-order valence-electron chi connectivity index (χ1n) is 6.51. The summed E-state index contributed by atoms with van der Waals surface area (Å²) < 4.78 is 0. The van der Waals surface area contributed by atoms with E-state index in [0.717, 1.165) is 28.0 Å². The highest BCUT2D eigenvalue weighted by molar-refractivity contribution is 6.31. The van der Waals surface area contributed by atoms with Crippen molar-refractivity contribution in [1.82, 2.24) is 4.98 Å². The Morgan fingerprint density at radius 2 is 2.00 bits per heavy atom. The first-order chi connectivity index (χ1) is 9.60. The minimum Gasteiger partial charge on any atom is -0.234 e. The standard InChI is InChI=1S/C17H17ClN2/c1-4-15(18)10-9-13(3)19-17-12(2)11-14-7-5-6-8-16(14)20-17/h4-11H,1-3H3/b10-9-,15-4+,19-13?. The molecule has 0 radical (unpaired) electrons. The molecule has 1 aromatic heterocycles. The van der Waals surface area contributed by atoms with E-state index in [4.69, 9.17) is 11.6 Å². The summed E-state index contributed by atoms with van der Waals surface area (Å²) in [5.74, 6) is 0.752. The highest BCUT2D eigenvalue weighted by atomic mass is 35.5. The van der Waals surface area contributed by atoms with Gasteiger partial charge in [0.05, 0.1) is 5.52 Å². The molecular weight excluding hydrogens is 268 g/mol. The van der Waals surface area contributed by atoms with Gasteiger partial charge in [-0.1, -0.05) is 35.9 Å². The van der Waals surface area contributed by atoms with Crippen LogP contribution in [0.3, 0.4) is 0 Å². The number of rotatable bonds is 3. The molecule has 0 unspecified atom stereocenters. The number of pyridine rings is 1. The Hall–Kier alpha value is -1.93. The molecular formula is C17H17ClN2. The average molecular weight is 285 g/mol. The highest BCUT2D eigenvalue weighted by Crippen LogP contribution is 2.22. The summed E-state index contributed by atoms with van der Waals surface area (Å²) in [6, 6.07) is 10.2. The number of aromatic nitrogens is 1. The smallest absolute Gasteiger partial charge is 0.155 e. The number of nitrogens with zero attached hydrogens (tertiary/aromatic N) is 2. The van der Waals surface area contributed by atoms with Gasteiger partial charge in [0.25, 0.3) is 0 Å². The Bertz CT molecular complexity index is 712. The summed E-state index contributed by atoms with van der Waals surface area (Å²) in [6.07, 6.45) is 5.56. The van der Waals surface area contributed by atoms with Crippen molar-refractivity contribution in [2.75, 3.05) is 0 Å². The normalized spacial score (nSPS) is 13.4. The van der Waals surface area contributed by atoms with Gasteiger partial charge in [-0.2, -0.15) is 0 Å². The zero-order chi connectivity index (χ0) is 14.5. The van der Waals surface area contributed by atoms with Gasteiger partial charge in [0, 0.05) is 16.1 Å². The molecule has 0 atom stereocenters. The number of para-hydroxylation sites is 1. The lowest BCUT2D eigenvalue weighted by atomic mass is 10.1. The van der Waals surface area contributed by atoms with Crippen LogP contribution in [0.15, 0.2) is 58.6 Å². The third-order valence-electron chi connectivity index (χ3n) is 2.93. The van der Waals surface area contributed by atoms with E-state index in [1.165, 1.54) is 0 Å². The lowest BCUT2D eigenvalue weighted by molar-refractivity contribution is 1.27. The SMILES string of the molecule is C/C=C(Cl)\C=C/C(C)=Nc1nc2ccccc2cc1C. The van der Waals surface area contributed by atoms with Crippen LogP contribution in [-0.4, -0.2) is 10.7 Å². The third kappa shape index (κ3) is 3.55. The number of hydrogen-bond acceptors (Lipinski definition) is 2. The zero-order valence-corrected chi connectivity index (χ0v) is 12.6. The molecule has 0 saturated heterocycles. The van der Waals surface area contributed by atoms with Gasteiger partial charge in [0.2, 0.25) is 0 Å². The summed E-state index contributed by atoms with van der Waals surface area (Å²) in [6.45, 7) is 5.86. The Kier molecular flexibility index (Phi) is 4.70. The molecule has 1 aromatic carbocycles. The van der Waals surface area contributed by atoms with Crippen molar-refractivity contribution in [2.45, 2.75) is 20.8 Å². The molecule has 2 nitrogen and oxygen atoms in total. The molecule has 0 N–H and O–H groups in total. The van der Waals surface area contributed by atoms with Crippen LogP contribution in [0.5, 0.6) is 0 Å². The molecule has 0 aliphatic heterocycles. The largest absolute Gasteiger partial charge is 0.234 e. The fourth-order valence-electron chi connectivity index (χ4n) is 1.83. The number of aryl methyl sites for hydroxylation is 1. The summed E-state index contributed by atoms with van der Waals surface area (Å²) in [5, 5.41) is 1.83. The molecule has 1 heterocycles. The Balaban J connectivity index is 2.37. The van der Waals surface area contributed by atoms with E-state index in [2.05, 4.69) is 22.1 Å². The van der Waals surface area contributed by atoms with Crippen molar-refractivity contribution in [3.63, 3.8) is 0 Å². The van der Waals surface area contributed by atoms with Crippen molar-refractivity contribution in [3.05, 3.63) is 59.2 Å². The van der Waals surface area contributed by atoms with Gasteiger partial charge in [0.1, 0.15) is 0 Å². The van der Waals surface area contributed by atoms with E-state index >= 15 is 0 Å². The number of allylic oxidation sites excluding steroid dienone is 4. The lowest BCUT2D eigenvalue weighted by Crippen LogP contribution is -1.88. The van der Waals surface area contributed by atoms with E-state index in [-0.39, 0.29) is 0 Å². The highest BCUT2D eigenvalue weighted by Gasteiger charge is 2.01. The number of benzene rings is 1. The number of hydrogen-bond donors (Lipinski definition) is 0. The molecule has 0 fully saturated rings. The summed E-state index contributed by atoms with van der Waals surface area (Å²) in [5.41, 5.74) is 2.89. The second-order valence-corrected chi connectivity index (χ2v) is 5.02. The van der Waals surface area contributed by atoms with Crippen molar-refractivity contribution >= 4 is 34.0 Å². The van der Waals surface area contributed by atoms with E-state index in [1.54, 1.807) is 0 Å². The summed E-state index contributed by atoms with van der Waals surface area (Å²) in [7, 11) is 0. The first kappa shape index (κ1) is 14.5. The second-order valence-electron chi connectivity index (χ2n) is 4.58. The Morgan fingerprint density at radius 1 is 1.25 bits per heavy atom. The van der Waals surface area contributed by atoms with Crippen LogP contribution in [-0.2, 0) is 0 Å². The fraction of sp³-hybridized carbons (Fsp3) is 0.176. The minimum atomic E-state index is 0.697. The number of halogens is 1. The van der Waals surface area contributed by atoms with Crippen LogP contribution in [0.25, 0.3) is 10.9 Å². The molecule has 2 aromatic rings. The Labute approximate surface area is 124 Å². The van der Waals surface area contributed by atoms with Gasteiger partial charge in [-0.15, -0.1) is 0 Å². The van der Waals surface area contributed by atoms with Crippen LogP contribution in [0.1, 0.15) is 19.4 Å². The second kappa shape index (κ2) is 6.49. The summed E-state index contributed by atoms with van der Waals surface area (Å²) >= 11 is 5.93. The van der Waals surface area contributed by atoms with Gasteiger partial charge in [-0.25, -0.2) is 9.98 Å². The van der Waals surface area contributed by atoms with Crippen molar-refractivity contribution in [3.8, 4) is 0 Å². The fourth-order valence-corrected chi connectivity index (χ4v) is 1.89. The number of fused-ring (bicyclic) bond motifs is 1. The predicted octanol–water partition coefficient (Wildman–Crippen LogP) is 5.33. The van der Waals surface area contributed by atoms with Crippen molar-refractivity contribution in [1.29, 1.82) is 0 Å². The topological polar surface area (TPSA) is 25.2 Å². The van der Waals surface area contributed by atoms with Gasteiger partial charge in [-0.05, 0) is 50.6 Å². The zero-order valence-electron chi connectivity index (χ0n) is 11.9. The van der Waals surface area contributed by atoms with E-state index in [0.29, 0.717) is 5.03 Å². The van der Waals surface area contributed by atoms with Crippen LogP contribution in [0.2, 0.25) is 0 Å². The molecule has 20 heavy (non-hydrogen) atoms. The maximum absolute atomic E-state index is 5.93. The molecule has 3 heteroatoms. The van der Waals surface area contributed by atoms with E-state index in [9.17, 15) is 0 Å². The van der Waals surface area contributed by atoms with Crippen LogP contribution in [0.4, 0.5) is 5.82 Å². The van der Waals surface area contributed by atoms with Crippen LogP contribution in [0, 0.1) is 6.92 Å². The van der Waals surface area contributed by atoms with E-state index in [1.807, 2.05) is 57.2 Å². The molecule has 0 spiro atoms. The predicted molar refractivity (Wildman–Crippen MR) is 88.0 cm³/mol. The maximum Gasteiger partial charge on any atom is 0.155 e. The number of aliphatic imine (C=N–C) groups is 1. The lowest BCUT2D eigenvalue weighted by Gasteiger charge is -2.03. The monoisotopic (exact) mass is 284 g/mol. The summed E-state index contributed by atoms with van der Waals surface area (Å²) in [4.78, 5) is 9.14. The minimum absolute atomic E-state index is 0.697. The average Bonchev–Trinajstić information content (AvgIpc) is 2.45. The molecule has 0 aliphatic carbocycles. The molecule has 0 amide bonds. The first-order valence-corrected chi connectivity index (χ1v) is 6.89. The van der Waals surface area contributed by atoms with Gasteiger partial charge >= 0.3 is 0 Å².